The third-order valence-electron chi connectivity index (χ3n) is 2.43. The lowest BCUT2D eigenvalue weighted by Crippen LogP contribution is -1.94. The topological polar surface area (TPSA) is 50.4 Å². The minimum atomic E-state index is -1.06. The number of benzene rings is 1. The van der Waals surface area contributed by atoms with Gasteiger partial charge in [0.15, 0.2) is 0 Å². The third kappa shape index (κ3) is 3.47. The molecule has 0 saturated carbocycles. The van der Waals surface area contributed by atoms with E-state index in [1.54, 1.807) is 31.2 Å². The number of halogens is 2. The van der Waals surface area contributed by atoms with Gasteiger partial charge >= 0.3 is 5.97 Å². The smallest absolute Gasteiger partial charge is 0.372 e. The van der Waals surface area contributed by atoms with Crippen molar-refractivity contribution < 1.29 is 14.3 Å². The minimum Gasteiger partial charge on any atom is -0.475 e. The standard InChI is InChI=1S/C13H10Cl2O3S/c1-7-4-9(18-12(7)13(16)17)6-19-11-5-8(14)2-3-10(11)15/h2-5H,6H2,1H3,(H,16,17). The molecule has 0 saturated heterocycles. The predicted octanol–water partition coefficient (Wildman–Crippen LogP) is 4.89. The molecule has 6 heteroatoms. The molecule has 0 fully saturated rings. The molecule has 0 radical (unpaired) electrons. The van der Waals surface area contributed by atoms with Crippen LogP contribution in [0.25, 0.3) is 0 Å². The van der Waals surface area contributed by atoms with Crippen molar-refractivity contribution >= 4 is 40.9 Å². The lowest BCUT2D eigenvalue weighted by atomic mass is 10.3. The van der Waals surface area contributed by atoms with Gasteiger partial charge in [0, 0.05) is 15.5 Å². The van der Waals surface area contributed by atoms with Crippen LogP contribution in [0.15, 0.2) is 33.6 Å². The lowest BCUT2D eigenvalue weighted by molar-refractivity contribution is 0.0659. The van der Waals surface area contributed by atoms with E-state index in [-0.39, 0.29) is 5.76 Å². The van der Waals surface area contributed by atoms with Gasteiger partial charge in [-0.3, -0.25) is 0 Å². The molecule has 1 aromatic heterocycles. The molecule has 0 amide bonds. The van der Waals surface area contributed by atoms with Gasteiger partial charge in [0.05, 0.1) is 10.8 Å². The maximum atomic E-state index is 10.9. The van der Waals surface area contributed by atoms with Crippen molar-refractivity contribution in [3.8, 4) is 0 Å². The summed E-state index contributed by atoms with van der Waals surface area (Å²) in [5, 5.41) is 10.1. The van der Waals surface area contributed by atoms with E-state index in [2.05, 4.69) is 0 Å². The summed E-state index contributed by atoms with van der Waals surface area (Å²) >= 11 is 13.4. The zero-order chi connectivity index (χ0) is 14.0. The normalized spacial score (nSPS) is 10.7. The van der Waals surface area contributed by atoms with E-state index < -0.39 is 5.97 Å². The van der Waals surface area contributed by atoms with Crippen LogP contribution in [0, 0.1) is 6.92 Å². The highest BCUT2D eigenvalue weighted by molar-refractivity contribution is 7.98. The second-order valence-corrected chi connectivity index (χ2v) is 5.75. The Kier molecular flexibility index (Phi) is 4.45. The van der Waals surface area contributed by atoms with Gasteiger partial charge in [0.25, 0.3) is 0 Å². The van der Waals surface area contributed by atoms with Crippen LogP contribution in [-0.2, 0) is 5.75 Å². The number of carbonyl (C=O) groups is 1. The molecule has 2 rings (SSSR count). The van der Waals surface area contributed by atoms with Crippen molar-refractivity contribution in [1.29, 1.82) is 0 Å². The van der Waals surface area contributed by atoms with E-state index in [0.717, 1.165) is 4.90 Å². The Labute approximate surface area is 124 Å². The minimum absolute atomic E-state index is 0.0206. The number of rotatable bonds is 4. The molecule has 0 spiro atoms. The van der Waals surface area contributed by atoms with E-state index in [1.807, 2.05) is 0 Å². The largest absolute Gasteiger partial charge is 0.475 e. The van der Waals surface area contributed by atoms with Crippen molar-refractivity contribution in [1.82, 2.24) is 0 Å². The first-order chi connectivity index (χ1) is 8.97. The lowest BCUT2D eigenvalue weighted by Gasteiger charge is -2.03. The van der Waals surface area contributed by atoms with Crippen molar-refractivity contribution in [3.05, 3.63) is 51.4 Å². The monoisotopic (exact) mass is 316 g/mol. The Hall–Kier alpha value is -1.10. The molecular formula is C13H10Cl2O3S. The summed E-state index contributed by atoms with van der Waals surface area (Å²) in [6.45, 7) is 1.70. The van der Waals surface area contributed by atoms with E-state index in [0.29, 0.717) is 27.1 Å². The fourth-order valence-corrected chi connectivity index (χ4v) is 2.94. The Morgan fingerprint density at radius 2 is 2.11 bits per heavy atom. The average Bonchev–Trinajstić information content (AvgIpc) is 2.72. The van der Waals surface area contributed by atoms with Gasteiger partial charge < -0.3 is 9.52 Å². The Morgan fingerprint density at radius 3 is 2.74 bits per heavy atom. The third-order valence-corrected chi connectivity index (χ3v) is 4.18. The van der Waals surface area contributed by atoms with Crippen molar-refractivity contribution in [3.63, 3.8) is 0 Å². The van der Waals surface area contributed by atoms with E-state index in [9.17, 15) is 4.79 Å². The summed E-state index contributed by atoms with van der Waals surface area (Å²) < 4.78 is 5.27. The molecule has 0 aliphatic heterocycles. The molecular weight excluding hydrogens is 307 g/mol. The summed E-state index contributed by atoms with van der Waals surface area (Å²) in [7, 11) is 0. The molecule has 0 bridgehead atoms. The summed E-state index contributed by atoms with van der Waals surface area (Å²) in [5.41, 5.74) is 0.611. The number of thioether (sulfide) groups is 1. The van der Waals surface area contributed by atoms with Crippen LogP contribution in [0.3, 0.4) is 0 Å². The van der Waals surface area contributed by atoms with Gasteiger partial charge in [-0.25, -0.2) is 4.79 Å². The average molecular weight is 317 g/mol. The molecule has 0 atom stereocenters. The first kappa shape index (κ1) is 14.3. The molecule has 2 aromatic rings. The van der Waals surface area contributed by atoms with Crippen LogP contribution in [0.5, 0.6) is 0 Å². The van der Waals surface area contributed by atoms with Crippen LogP contribution < -0.4 is 0 Å². The zero-order valence-electron chi connectivity index (χ0n) is 9.94. The summed E-state index contributed by atoms with van der Waals surface area (Å²) in [6, 6.07) is 6.92. The van der Waals surface area contributed by atoms with Gasteiger partial charge in [-0.1, -0.05) is 23.2 Å². The maximum Gasteiger partial charge on any atom is 0.372 e. The van der Waals surface area contributed by atoms with E-state index in [1.165, 1.54) is 11.8 Å². The van der Waals surface area contributed by atoms with Gasteiger partial charge in [0.1, 0.15) is 5.76 Å². The first-order valence-electron chi connectivity index (χ1n) is 5.38. The van der Waals surface area contributed by atoms with Gasteiger partial charge in [-0.05, 0) is 31.2 Å². The summed E-state index contributed by atoms with van der Waals surface area (Å²) in [4.78, 5) is 11.7. The van der Waals surface area contributed by atoms with E-state index in [4.69, 9.17) is 32.7 Å². The maximum absolute atomic E-state index is 10.9. The van der Waals surface area contributed by atoms with Crippen LogP contribution in [0.4, 0.5) is 0 Å². The second kappa shape index (κ2) is 5.90. The van der Waals surface area contributed by atoms with Crippen molar-refractivity contribution in [2.75, 3.05) is 0 Å². The number of aryl methyl sites for hydroxylation is 1. The number of hydrogen-bond donors (Lipinski definition) is 1. The molecule has 100 valence electrons. The van der Waals surface area contributed by atoms with Crippen LogP contribution in [0.1, 0.15) is 21.9 Å². The number of hydrogen-bond acceptors (Lipinski definition) is 3. The van der Waals surface area contributed by atoms with Crippen molar-refractivity contribution in [2.24, 2.45) is 0 Å². The predicted molar refractivity (Wildman–Crippen MR) is 76.4 cm³/mol. The van der Waals surface area contributed by atoms with Crippen LogP contribution in [0.2, 0.25) is 10.0 Å². The molecule has 0 aliphatic carbocycles. The van der Waals surface area contributed by atoms with Gasteiger partial charge in [-0.2, -0.15) is 0 Å². The highest BCUT2D eigenvalue weighted by Gasteiger charge is 2.14. The summed E-state index contributed by atoms with van der Waals surface area (Å²) in [5.74, 6) is 0.00652. The molecule has 19 heavy (non-hydrogen) atoms. The fraction of sp³-hybridized carbons (Fsp3) is 0.154. The summed E-state index contributed by atoms with van der Waals surface area (Å²) in [6.07, 6.45) is 0. The fourth-order valence-electron chi connectivity index (χ4n) is 1.57. The SMILES string of the molecule is Cc1cc(CSc2cc(Cl)ccc2Cl)oc1C(=O)O. The highest BCUT2D eigenvalue weighted by atomic mass is 35.5. The molecule has 3 nitrogen and oxygen atoms in total. The van der Waals surface area contributed by atoms with Crippen molar-refractivity contribution in [2.45, 2.75) is 17.6 Å². The first-order valence-corrected chi connectivity index (χ1v) is 7.12. The number of aromatic carboxylic acids is 1. The molecule has 1 heterocycles. The number of carboxylic acids is 1. The number of carboxylic acid groups (broad SMARTS) is 1. The van der Waals surface area contributed by atoms with Crippen LogP contribution in [-0.4, -0.2) is 11.1 Å². The molecule has 0 aliphatic rings. The molecule has 1 N–H and O–H groups in total. The highest BCUT2D eigenvalue weighted by Crippen LogP contribution is 2.32. The zero-order valence-corrected chi connectivity index (χ0v) is 12.3. The van der Waals surface area contributed by atoms with Crippen LogP contribution >= 0.6 is 35.0 Å². The number of furan rings is 1. The Bertz CT molecular complexity index is 622. The van der Waals surface area contributed by atoms with Gasteiger partial charge in [-0.15, -0.1) is 11.8 Å². The Morgan fingerprint density at radius 1 is 1.37 bits per heavy atom. The quantitative estimate of drug-likeness (QED) is 0.816. The van der Waals surface area contributed by atoms with Gasteiger partial charge in [0.2, 0.25) is 5.76 Å². The molecule has 1 aromatic carbocycles. The van der Waals surface area contributed by atoms with E-state index >= 15 is 0 Å². The second-order valence-electron chi connectivity index (χ2n) is 3.89. The molecule has 0 unspecified atom stereocenters. The Balaban J connectivity index is 2.12.